The summed E-state index contributed by atoms with van der Waals surface area (Å²) in [4.78, 5) is 0.0511. The van der Waals surface area contributed by atoms with Crippen molar-refractivity contribution in [2.24, 2.45) is 5.14 Å². The van der Waals surface area contributed by atoms with Crippen LogP contribution in [-0.4, -0.2) is 26.7 Å². The normalized spacial score (nSPS) is 26.7. The van der Waals surface area contributed by atoms with Crippen molar-refractivity contribution >= 4 is 21.4 Å². The molecule has 1 aliphatic rings. The number of nitrogens with one attached hydrogen (secondary N) is 1. The number of nitrogen functional groups attached to an aromatic ring is 1. The molecule has 112 valence electrons. The fourth-order valence-electron chi connectivity index (χ4n) is 2.44. The summed E-state index contributed by atoms with van der Waals surface area (Å²) >= 11 is 0. The highest BCUT2D eigenvalue weighted by Crippen LogP contribution is 2.33. The molecule has 2 unspecified atom stereocenters. The van der Waals surface area contributed by atoms with E-state index in [1.807, 2.05) is 13.8 Å². The molecule has 0 saturated carbocycles. The number of anilines is 2. The van der Waals surface area contributed by atoms with Crippen molar-refractivity contribution in [3.05, 3.63) is 17.7 Å². The van der Waals surface area contributed by atoms with Gasteiger partial charge < -0.3 is 15.8 Å². The molecule has 0 radical (unpaired) electrons. The Morgan fingerprint density at radius 1 is 1.45 bits per heavy atom. The first kappa shape index (κ1) is 15.1. The van der Waals surface area contributed by atoms with E-state index in [-0.39, 0.29) is 16.5 Å². The average molecular weight is 299 g/mol. The van der Waals surface area contributed by atoms with Crippen LogP contribution >= 0.6 is 0 Å². The molecule has 0 amide bonds. The number of primary sulfonamides is 1. The highest BCUT2D eigenvalue weighted by atomic mass is 32.2. The SMILES string of the molecule is Cc1c(NC2(C)CCOC2C)cc(N)cc1S(N)(=O)=O. The van der Waals surface area contributed by atoms with Crippen LogP contribution in [0.5, 0.6) is 0 Å². The average Bonchev–Trinajstić information content (AvgIpc) is 2.62. The van der Waals surface area contributed by atoms with Gasteiger partial charge in [-0.15, -0.1) is 0 Å². The van der Waals surface area contributed by atoms with E-state index < -0.39 is 10.0 Å². The van der Waals surface area contributed by atoms with E-state index in [2.05, 4.69) is 5.32 Å². The van der Waals surface area contributed by atoms with Crippen molar-refractivity contribution in [3.63, 3.8) is 0 Å². The van der Waals surface area contributed by atoms with Gasteiger partial charge in [-0.2, -0.15) is 0 Å². The third-order valence-electron chi connectivity index (χ3n) is 4.00. The minimum absolute atomic E-state index is 0.0289. The maximum absolute atomic E-state index is 11.6. The minimum Gasteiger partial charge on any atom is -0.399 e. The summed E-state index contributed by atoms with van der Waals surface area (Å²) in [6.07, 6.45) is 0.869. The third kappa shape index (κ3) is 2.74. The Hall–Kier alpha value is -1.31. The Balaban J connectivity index is 2.45. The summed E-state index contributed by atoms with van der Waals surface area (Å²) in [6, 6.07) is 3.10. The van der Waals surface area contributed by atoms with Crippen molar-refractivity contribution in [1.29, 1.82) is 0 Å². The maximum Gasteiger partial charge on any atom is 0.238 e. The van der Waals surface area contributed by atoms with Gasteiger partial charge in [-0.3, -0.25) is 0 Å². The van der Waals surface area contributed by atoms with E-state index in [9.17, 15) is 8.42 Å². The molecule has 2 rings (SSSR count). The molecule has 2 atom stereocenters. The molecule has 1 saturated heterocycles. The molecule has 1 aromatic rings. The van der Waals surface area contributed by atoms with Crippen LogP contribution in [0.2, 0.25) is 0 Å². The lowest BCUT2D eigenvalue weighted by Crippen LogP contribution is -2.41. The molecular weight excluding hydrogens is 278 g/mol. The number of benzene rings is 1. The van der Waals surface area contributed by atoms with Crippen molar-refractivity contribution in [2.45, 2.75) is 43.7 Å². The van der Waals surface area contributed by atoms with Crippen LogP contribution in [0.4, 0.5) is 11.4 Å². The topological polar surface area (TPSA) is 107 Å². The highest BCUT2D eigenvalue weighted by molar-refractivity contribution is 7.89. The molecule has 0 aromatic heterocycles. The molecule has 6 nitrogen and oxygen atoms in total. The second-order valence-electron chi connectivity index (χ2n) is 5.54. The summed E-state index contributed by atoms with van der Waals surface area (Å²) < 4.78 is 28.8. The fourth-order valence-corrected chi connectivity index (χ4v) is 3.28. The smallest absolute Gasteiger partial charge is 0.238 e. The van der Waals surface area contributed by atoms with Gasteiger partial charge in [0.05, 0.1) is 16.5 Å². The Labute approximate surface area is 119 Å². The number of ether oxygens (including phenoxy) is 1. The van der Waals surface area contributed by atoms with Crippen LogP contribution in [0.15, 0.2) is 17.0 Å². The van der Waals surface area contributed by atoms with E-state index in [1.54, 1.807) is 13.0 Å². The molecular formula is C13H21N3O3S. The molecule has 0 aliphatic carbocycles. The molecule has 20 heavy (non-hydrogen) atoms. The number of hydrogen-bond donors (Lipinski definition) is 3. The van der Waals surface area contributed by atoms with E-state index in [4.69, 9.17) is 15.6 Å². The van der Waals surface area contributed by atoms with Gasteiger partial charge in [0.1, 0.15) is 0 Å². The predicted molar refractivity (Wildman–Crippen MR) is 79.0 cm³/mol. The summed E-state index contributed by atoms with van der Waals surface area (Å²) in [6.45, 7) is 6.42. The van der Waals surface area contributed by atoms with Crippen molar-refractivity contribution in [3.8, 4) is 0 Å². The quantitative estimate of drug-likeness (QED) is 0.727. The van der Waals surface area contributed by atoms with Crippen molar-refractivity contribution in [2.75, 3.05) is 17.7 Å². The lowest BCUT2D eigenvalue weighted by Gasteiger charge is -2.31. The zero-order valence-corrected chi connectivity index (χ0v) is 12.8. The highest BCUT2D eigenvalue weighted by Gasteiger charge is 2.37. The largest absolute Gasteiger partial charge is 0.399 e. The Morgan fingerprint density at radius 2 is 2.10 bits per heavy atom. The second kappa shape index (κ2) is 4.91. The Morgan fingerprint density at radius 3 is 2.60 bits per heavy atom. The van der Waals surface area contributed by atoms with Crippen LogP contribution in [-0.2, 0) is 14.8 Å². The zero-order valence-electron chi connectivity index (χ0n) is 11.9. The lowest BCUT2D eigenvalue weighted by molar-refractivity contribution is 0.105. The maximum atomic E-state index is 11.6. The van der Waals surface area contributed by atoms with E-state index in [0.29, 0.717) is 23.5 Å². The van der Waals surface area contributed by atoms with Crippen LogP contribution < -0.4 is 16.2 Å². The molecule has 1 aliphatic heterocycles. The van der Waals surface area contributed by atoms with Crippen LogP contribution in [0.1, 0.15) is 25.8 Å². The van der Waals surface area contributed by atoms with Gasteiger partial charge in [0.25, 0.3) is 0 Å². The Kier molecular flexibility index (Phi) is 3.70. The molecule has 7 heteroatoms. The van der Waals surface area contributed by atoms with E-state index in [0.717, 1.165) is 6.42 Å². The number of hydrogen-bond acceptors (Lipinski definition) is 5. The van der Waals surface area contributed by atoms with Gasteiger partial charge in [0.15, 0.2) is 0 Å². The standard InChI is InChI=1S/C13H21N3O3S/c1-8-11(16-13(3)4-5-19-9(13)2)6-10(14)7-12(8)20(15,17)18/h6-7,9,16H,4-5,14H2,1-3H3,(H2,15,17,18). The van der Waals surface area contributed by atoms with Crippen LogP contribution in [0, 0.1) is 6.92 Å². The minimum atomic E-state index is -3.80. The molecule has 0 spiro atoms. The second-order valence-corrected chi connectivity index (χ2v) is 7.07. The monoisotopic (exact) mass is 299 g/mol. The first-order valence-corrected chi connectivity index (χ1v) is 8.01. The number of sulfonamides is 1. The number of nitrogens with two attached hydrogens (primary N) is 2. The fraction of sp³-hybridized carbons (Fsp3) is 0.538. The molecule has 5 N–H and O–H groups in total. The third-order valence-corrected chi connectivity index (χ3v) is 5.03. The number of rotatable bonds is 3. The first-order chi connectivity index (χ1) is 9.13. The van der Waals surface area contributed by atoms with Gasteiger partial charge >= 0.3 is 0 Å². The van der Waals surface area contributed by atoms with Gasteiger partial charge in [-0.25, -0.2) is 13.6 Å². The van der Waals surface area contributed by atoms with E-state index in [1.165, 1.54) is 6.07 Å². The summed E-state index contributed by atoms with van der Waals surface area (Å²) in [5.74, 6) is 0. The zero-order chi connectivity index (χ0) is 15.1. The summed E-state index contributed by atoms with van der Waals surface area (Å²) in [5.41, 5.74) is 7.13. The summed E-state index contributed by atoms with van der Waals surface area (Å²) in [5, 5.41) is 8.59. The lowest BCUT2D eigenvalue weighted by atomic mass is 9.93. The molecule has 1 fully saturated rings. The molecule has 0 bridgehead atoms. The van der Waals surface area contributed by atoms with Gasteiger partial charge in [0.2, 0.25) is 10.0 Å². The van der Waals surface area contributed by atoms with Gasteiger partial charge in [0, 0.05) is 18.0 Å². The van der Waals surface area contributed by atoms with Gasteiger partial charge in [-0.05, 0) is 44.9 Å². The van der Waals surface area contributed by atoms with Gasteiger partial charge in [-0.1, -0.05) is 0 Å². The molecule has 1 aromatic carbocycles. The first-order valence-electron chi connectivity index (χ1n) is 6.46. The Bertz CT molecular complexity index is 630. The van der Waals surface area contributed by atoms with Crippen molar-refractivity contribution < 1.29 is 13.2 Å². The van der Waals surface area contributed by atoms with Crippen LogP contribution in [0.25, 0.3) is 0 Å². The van der Waals surface area contributed by atoms with Crippen molar-refractivity contribution in [1.82, 2.24) is 0 Å². The van der Waals surface area contributed by atoms with Crippen LogP contribution in [0.3, 0.4) is 0 Å². The predicted octanol–water partition coefficient (Wildman–Crippen LogP) is 1.20. The van der Waals surface area contributed by atoms with E-state index >= 15 is 0 Å². The molecule has 1 heterocycles. The summed E-state index contributed by atoms with van der Waals surface area (Å²) in [7, 11) is -3.80.